The highest BCUT2D eigenvalue weighted by molar-refractivity contribution is 6.30. The van der Waals surface area contributed by atoms with Gasteiger partial charge in [-0.25, -0.2) is 4.39 Å². The monoisotopic (exact) mass is 172 g/mol. The van der Waals surface area contributed by atoms with Crippen LogP contribution in [-0.4, -0.2) is 0 Å². The first kappa shape index (κ1) is 8.54. The van der Waals surface area contributed by atoms with Crippen LogP contribution in [0.5, 0.6) is 0 Å². The normalized spacial score (nSPS) is 10.1. The molecule has 0 aliphatic heterocycles. The third-order valence-corrected chi connectivity index (χ3v) is 1.77. The number of rotatable bonds is 2. The van der Waals surface area contributed by atoms with E-state index >= 15 is 0 Å². The maximum atomic E-state index is 13.0. The molecule has 0 N–H and O–H groups in total. The Labute approximate surface area is 71.0 Å². The lowest BCUT2D eigenvalue weighted by Gasteiger charge is -1.99. The maximum absolute atomic E-state index is 13.0. The highest BCUT2D eigenvalue weighted by Gasteiger charge is 2.00. The van der Waals surface area contributed by atoms with Crippen molar-refractivity contribution in [3.8, 4) is 0 Å². The van der Waals surface area contributed by atoms with Gasteiger partial charge in [-0.2, -0.15) is 0 Å². The number of aryl methyl sites for hydroxylation is 1. The topological polar surface area (TPSA) is 0 Å². The molecule has 2 heteroatoms. The van der Waals surface area contributed by atoms with Crippen molar-refractivity contribution in [3.05, 3.63) is 34.6 Å². The van der Waals surface area contributed by atoms with E-state index in [1.807, 2.05) is 6.92 Å². The van der Waals surface area contributed by atoms with Crippen LogP contribution in [0, 0.1) is 5.82 Å². The molecule has 60 valence electrons. The van der Waals surface area contributed by atoms with Crippen molar-refractivity contribution in [1.29, 1.82) is 0 Å². The van der Waals surface area contributed by atoms with Gasteiger partial charge in [-0.05, 0) is 24.1 Å². The second-order valence-electron chi connectivity index (χ2n) is 2.49. The number of halogens is 2. The summed E-state index contributed by atoms with van der Waals surface area (Å²) < 4.78 is 13.0. The van der Waals surface area contributed by atoms with Gasteiger partial charge in [0.25, 0.3) is 0 Å². The summed E-state index contributed by atoms with van der Waals surface area (Å²) in [6.07, 6.45) is 1.74. The summed E-state index contributed by atoms with van der Waals surface area (Å²) in [5.74, 6) is -0.195. The molecule has 1 aromatic carbocycles. The molecular weight excluding hydrogens is 163 g/mol. The molecule has 0 aromatic heterocycles. The van der Waals surface area contributed by atoms with E-state index in [4.69, 9.17) is 11.6 Å². The molecule has 0 radical (unpaired) electrons. The van der Waals surface area contributed by atoms with Crippen molar-refractivity contribution >= 4 is 11.6 Å². The summed E-state index contributed by atoms with van der Waals surface area (Å²) in [6, 6.07) is 4.81. The number of hydrogen-bond donors (Lipinski definition) is 0. The predicted octanol–water partition coefficient (Wildman–Crippen LogP) is 3.43. The highest BCUT2D eigenvalue weighted by Crippen LogP contribution is 2.15. The summed E-state index contributed by atoms with van der Waals surface area (Å²) in [6.45, 7) is 2.02. The van der Waals surface area contributed by atoms with E-state index in [1.165, 1.54) is 6.07 Å². The third-order valence-electron chi connectivity index (χ3n) is 1.53. The molecule has 0 aliphatic carbocycles. The quantitative estimate of drug-likeness (QED) is 0.641. The van der Waals surface area contributed by atoms with E-state index in [2.05, 4.69) is 0 Å². The molecule has 0 heterocycles. The van der Waals surface area contributed by atoms with Crippen LogP contribution in [0.4, 0.5) is 4.39 Å². The van der Waals surface area contributed by atoms with Crippen molar-refractivity contribution in [3.63, 3.8) is 0 Å². The first-order chi connectivity index (χ1) is 5.24. The van der Waals surface area contributed by atoms with Gasteiger partial charge in [0.2, 0.25) is 0 Å². The molecule has 1 rings (SSSR count). The van der Waals surface area contributed by atoms with Crippen LogP contribution in [0.3, 0.4) is 0 Å². The Morgan fingerprint density at radius 2 is 2.18 bits per heavy atom. The van der Waals surface area contributed by atoms with Crippen LogP contribution in [0.1, 0.15) is 18.9 Å². The van der Waals surface area contributed by atoms with Crippen LogP contribution in [0.15, 0.2) is 18.2 Å². The van der Waals surface area contributed by atoms with Crippen LogP contribution >= 0.6 is 11.6 Å². The van der Waals surface area contributed by atoms with E-state index in [0.29, 0.717) is 5.02 Å². The van der Waals surface area contributed by atoms with Crippen molar-refractivity contribution < 1.29 is 4.39 Å². The average Bonchev–Trinajstić information content (AvgIpc) is 1.95. The molecule has 0 saturated carbocycles. The number of hydrogen-bond acceptors (Lipinski definition) is 0. The van der Waals surface area contributed by atoms with E-state index in [1.54, 1.807) is 12.1 Å². The van der Waals surface area contributed by atoms with Gasteiger partial charge in [0.05, 0.1) is 0 Å². The lowest BCUT2D eigenvalue weighted by atomic mass is 10.1. The van der Waals surface area contributed by atoms with Gasteiger partial charge >= 0.3 is 0 Å². The minimum atomic E-state index is -0.195. The second kappa shape index (κ2) is 3.72. The molecule has 0 amide bonds. The largest absolute Gasteiger partial charge is 0.207 e. The minimum Gasteiger partial charge on any atom is -0.207 e. The third kappa shape index (κ3) is 2.19. The summed E-state index contributed by atoms with van der Waals surface area (Å²) in [5.41, 5.74) is 0.747. The van der Waals surface area contributed by atoms with Crippen molar-refractivity contribution in [2.24, 2.45) is 0 Å². The molecule has 0 aliphatic rings. The zero-order chi connectivity index (χ0) is 8.27. The molecule has 11 heavy (non-hydrogen) atoms. The molecule has 0 fully saturated rings. The Hall–Kier alpha value is -0.560. The van der Waals surface area contributed by atoms with Crippen LogP contribution in [-0.2, 0) is 6.42 Å². The smallest absolute Gasteiger partial charge is 0.127 e. The highest BCUT2D eigenvalue weighted by atomic mass is 35.5. The summed E-state index contributed by atoms with van der Waals surface area (Å²) >= 11 is 5.58. The van der Waals surface area contributed by atoms with E-state index in [0.717, 1.165) is 18.4 Å². The average molecular weight is 173 g/mol. The lowest BCUT2D eigenvalue weighted by Crippen LogP contribution is -1.88. The predicted molar refractivity (Wildman–Crippen MR) is 45.4 cm³/mol. The minimum absolute atomic E-state index is 0.195. The van der Waals surface area contributed by atoms with Gasteiger partial charge in [0.15, 0.2) is 0 Å². The molecule has 0 spiro atoms. The molecule has 0 bridgehead atoms. The fourth-order valence-corrected chi connectivity index (χ4v) is 1.15. The van der Waals surface area contributed by atoms with Crippen LogP contribution < -0.4 is 0 Å². The zero-order valence-corrected chi connectivity index (χ0v) is 7.16. The zero-order valence-electron chi connectivity index (χ0n) is 6.40. The van der Waals surface area contributed by atoms with Gasteiger partial charge < -0.3 is 0 Å². The summed E-state index contributed by atoms with van der Waals surface area (Å²) in [4.78, 5) is 0. The van der Waals surface area contributed by atoms with E-state index in [-0.39, 0.29) is 5.82 Å². The van der Waals surface area contributed by atoms with E-state index in [9.17, 15) is 4.39 Å². The Morgan fingerprint density at radius 1 is 1.45 bits per heavy atom. The molecule has 1 aromatic rings. The molecule has 0 nitrogen and oxygen atoms in total. The van der Waals surface area contributed by atoms with Crippen molar-refractivity contribution in [1.82, 2.24) is 0 Å². The molecule has 0 atom stereocenters. The van der Waals surface area contributed by atoms with Gasteiger partial charge in [0, 0.05) is 5.02 Å². The Kier molecular flexibility index (Phi) is 2.89. The van der Waals surface area contributed by atoms with Gasteiger partial charge in [-0.1, -0.05) is 31.0 Å². The SMILES string of the molecule is CCCc1ccc(Cl)cc1F. The molecule has 0 unspecified atom stereocenters. The Morgan fingerprint density at radius 3 is 2.73 bits per heavy atom. The molecule has 0 saturated heterocycles. The van der Waals surface area contributed by atoms with Gasteiger partial charge in [0.1, 0.15) is 5.82 Å². The number of benzene rings is 1. The van der Waals surface area contributed by atoms with Gasteiger partial charge in [-0.15, -0.1) is 0 Å². The van der Waals surface area contributed by atoms with Crippen molar-refractivity contribution in [2.45, 2.75) is 19.8 Å². The van der Waals surface area contributed by atoms with E-state index < -0.39 is 0 Å². The first-order valence-electron chi connectivity index (χ1n) is 3.68. The van der Waals surface area contributed by atoms with Gasteiger partial charge in [-0.3, -0.25) is 0 Å². The first-order valence-corrected chi connectivity index (χ1v) is 4.05. The lowest BCUT2D eigenvalue weighted by molar-refractivity contribution is 0.607. The molecular formula is C9H10ClF. The fraction of sp³-hybridized carbons (Fsp3) is 0.333. The van der Waals surface area contributed by atoms with Crippen molar-refractivity contribution in [2.75, 3.05) is 0 Å². The van der Waals surface area contributed by atoms with Crippen LogP contribution in [0.25, 0.3) is 0 Å². The summed E-state index contributed by atoms with van der Waals surface area (Å²) in [5, 5.41) is 0.461. The van der Waals surface area contributed by atoms with Crippen LogP contribution in [0.2, 0.25) is 5.02 Å². The fourth-order valence-electron chi connectivity index (χ4n) is 0.994. The second-order valence-corrected chi connectivity index (χ2v) is 2.92. The Balaban J connectivity index is 2.90. The maximum Gasteiger partial charge on any atom is 0.127 e. The summed E-state index contributed by atoms with van der Waals surface area (Å²) in [7, 11) is 0. The standard InChI is InChI=1S/C9H10ClF/c1-2-3-7-4-5-8(10)6-9(7)11/h4-6H,2-3H2,1H3. The Bertz CT molecular complexity index is 245.